The van der Waals surface area contributed by atoms with Gasteiger partial charge < -0.3 is 26.5 Å². The van der Waals surface area contributed by atoms with E-state index in [0.29, 0.717) is 42.6 Å². The molecule has 128 valence electrons. The maximum absolute atomic E-state index is 12.6. The van der Waals surface area contributed by atoms with Crippen LogP contribution in [0.5, 0.6) is 0 Å². The summed E-state index contributed by atoms with van der Waals surface area (Å²) in [5, 5.41) is 5.16. The summed E-state index contributed by atoms with van der Waals surface area (Å²) < 4.78 is 5.32. The molecule has 9 heteroatoms. The number of carbonyl (C=O) groups excluding carboxylic acids is 2. The van der Waals surface area contributed by atoms with Crippen molar-refractivity contribution in [3.63, 3.8) is 0 Å². The number of ether oxygens (including phenoxy) is 1. The van der Waals surface area contributed by atoms with Crippen molar-refractivity contribution >= 4 is 28.3 Å². The van der Waals surface area contributed by atoms with Gasteiger partial charge in [-0.05, 0) is 18.9 Å². The maximum Gasteiger partial charge on any atom is 0.265 e. The van der Waals surface area contributed by atoms with Gasteiger partial charge >= 0.3 is 0 Å². The summed E-state index contributed by atoms with van der Waals surface area (Å²) in [6.07, 6.45) is 2.86. The Morgan fingerprint density at radius 3 is 2.79 bits per heavy atom. The van der Waals surface area contributed by atoms with Gasteiger partial charge in [0.1, 0.15) is 5.69 Å². The summed E-state index contributed by atoms with van der Waals surface area (Å²) in [7, 11) is 0. The van der Waals surface area contributed by atoms with Crippen LogP contribution in [-0.2, 0) is 9.53 Å². The minimum atomic E-state index is -0.600. The SMILES string of the molecule is NCC1(C(=O)Nc2nc(-c3c[nH]c(C(N)=O)c3)cs2)CCOCC1. The molecular weight excluding hydrogens is 330 g/mol. The summed E-state index contributed by atoms with van der Waals surface area (Å²) in [5.74, 6) is -0.657. The minimum Gasteiger partial charge on any atom is -0.381 e. The molecule has 8 nitrogen and oxygen atoms in total. The van der Waals surface area contributed by atoms with E-state index in [1.165, 1.54) is 11.3 Å². The fourth-order valence-electron chi connectivity index (χ4n) is 2.66. The molecule has 0 bridgehead atoms. The predicted octanol–water partition coefficient (Wildman–Crippen LogP) is 0.931. The third kappa shape index (κ3) is 3.18. The number of nitrogens with one attached hydrogen (secondary N) is 2. The normalized spacial score (nSPS) is 16.7. The summed E-state index contributed by atoms with van der Waals surface area (Å²) >= 11 is 1.32. The Hall–Kier alpha value is -2.23. The Balaban J connectivity index is 1.73. The number of nitrogens with two attached hydrogens (primary N) is 2. The largest absolute Gasteiger partial charge is 0.381 e. The molecule has 2 aromatic rings. The van der Waals surface area contributed by atoms with Gasteiger partial charge in [0.25, 0.3) is 5.91 Å². The second-order valence-electron chi connectivity index (χ2n) is 5.76. The number of hydrogen-bond donors (Lipinski definition) is 4. The van der Waals surface area contributed by atoms with E-state index in [2.05, 4.69) is 15.3 Å². The summed E-state index contributed by atoms with van der Waals surface area (Å²) in [6, 6.07) is 1.63. The zero-order valence-corrected chi connectivity index (χ0v) is 13.8. The highest BCUT2D eigenvalue weighted by molar-refractivity contribution is 7.14. The Morgan fingerprint density at radius 1 is 1.42 bits per heavy atom. The maximum atomic E-state index is 12.6. The summed E-state index contributed by atoms with van der Waals surface area (Å²) in [5.41, 5.74) is 12.2. The van der Waals surface area contributed by atoms with Crippen LogP contribution in [0.3, 0.4) is 0 Å². The number of carbonyl (C=O) groups is 2. The Kier molecular flexibility index (Phi) is 4.65. The first kappa shape index (κ1) is 16.6. The monoisotopic (exact) mass is 349 g/mol. The second-order valence-corrected chi connectivity index (χ2v) is 6.61. The molecule has 1 saturated heterocycles. The lowest BCUT2D eigenvalue weighted by atomic mass is 9.79. The number of primary amides is 1. The molecule has 3 heterocycles. The van der Waals surface area contributed by atoms with E-state index in [1.807, 2.05) is 5.38 Å². The third-order valence-corrected chi connectivity index (χ3v) is 5.05. The first-order valence-corrected chi connectivity index (χ1v) is 8.45. The molecule has 0 unspecified atom stereocenters. The number of thiazole rings is 1. The quantitative estimate of drug-likeness (QED) is 0.636. The van der Waals surface area contributed by atoms with E-state index in [-0.39, 0.29) is 12.5 Å². The standard InChI is InChI=1S/C15H19N5O3S/c16-8-15(1-3-23-4-2-15)13(22)20-14-19-11(7-24-14)9-5-10(12(17)21)18-6-9/h5-7,18H,1-4,8,16H2,(H2,17,21)(H,19,20,22). The van der Waals surface area contributed by atoms with Crippen molar-refractivity contribution in [2.45, 2.75) is 12.8 Å². The van der Waals surface area contributed by atoms with Crippen molar-refractivity contribution in [2.75, 3.05) is 25.1 Å². The van der Waals surface area contributed by atoms with Crippen molar-refractivity contribution in [1.82, 2.24) is 9.97 Å². The highest BCUT2D eigenvalue weighted by Crippen LogP contribution is 2.32. The van der Waals surface area contributed by atoms with Crippen molar-refractivity contribution in [3.05, 3.63) is 23.3 Å². The van der Waals surface area contributed by atoms with Crippen LogP contribution in [0, 0.1) is 5.41 Å². The Bertz CT molecular complexity index is 748. The van der Waals surface area contributed by atoms with Gasteiger partial charge in [0, 0.05) is 36.9 Å². The van der Waals surface area contributed by atoms with Gasteiger partial charge in [-0.25, -0.2) is 4.98 Å². The van der Waals surface area contributed by atoms with Crippen LogP contribution < -0.4 is 16.8 Å². The number of anilines is 1. The zero-order chi connectivity index (χ0) is 17.2. The van der Waals surface area contributed by atoms with E-state index in [1.54, 1.807) is 12.3 Å². The Labute approximate surface area is 142 Å². The second kappa shape index (κ2) is 6.71. The first-order chi connectivity index (χ1) is 11.5. The Morgan fingerprint density at radius 2 is 2.17 bits per heavy atom. The lowest BCUT2D eigenvalue weighted by molar-refractivity contribution is -0.130. The summed E-state index contributed by atoms with van der Waals surface area (Å²) in [4.78, 5) is 30.9. The lowest BCUT2D eigenvalue weighted by Gasteiger charge is -2.34. The first-order valence-electron chi connectivity index (χ1n) is 7.57. The molecule has 0 saturated carbocycles. The van der Waals surface area contributed by atoms with Crippen molar-refractivity contribution in [1.29, 1.82) is 0 Å². The average molecular weight is 349 g/mol. The van der Waals surface area contributed by atoms with Crippen LogP contribution >= 0.6 is 11.3 Å². The number of amides is 2. The van der Waals surface area contributed by atoms with Crippen molar-refractivity contribution in [2.24, 2.45) is 16.9 Å². The molecule has 2 aromatic heterocycles. The molecule has 1 aliphatic heterocycles. The molecular formula is C15H19N5O3S. The molecule has 1 aliphatic rings. The molecule has 0 aliphatic carbocycles. The van der Waals surface area contributed by atoms with Crippen LogP contribution in [0.25, 0.3) is 11.3 Å². The van der Waals surface area contributed by atoms with Crippen LogP contribution in [0.2, 0.25) is 0 Å². The smallest absolute Gasteiger partial charge is 0.265 e. The topological polar surface area (TPSA) is 136 Å². The van der Waals surface area contributed by atoms with Crippen molar-refractivity contribution < 1.29 is 14.3 Å². The molecule has 0 atom stereocenters. The predicted molar refractivity (Wildman–Crippen MR) is 90.6 cm³/mol. The lowest BCUT2D eigenvalue weighted by Crippen LogP contribution is -2.46. The number of aromatic nitrogens is 2. The number of hydrogen-bond acceptors (Lipinski definition) is 6. The van der Waals surface area contributed by atoms with Crippen molar-refractivity contribution in [3.8, 4) is 11.3 Å². The van der Waals surface area contributed by atoms with Crippen LogP contribution in [-0.4, -0.2) is 41.5 Å². The van der Waals surface area contributed by atoms with E-state index in [4.69, 9.17) is 16.2 Å². The van der Waals surface area contributed by atoms with E-state index in [0.717, 1.165) is 5.56 Å². The van der Waals surface area contributed by atoms with Gasteiger partial charge in [-0.1, -0.05) is 0 Å². The van der Waals surface area contributed by atoms with Crippen LogP contribution in [0.15, 0.2) is 17.6 Å². The van der Waals surface area contributed by atoms with Gasteiger partial charge in [-0.2, -0.15) is 0 Å². The molecule has 24 heavy (non-hydrogen) atoms. The van der Waals surface area contributed by atoms with E-state index < -0.39 is 11.3 Å². The fourth-order valence-corrected chi connectivity index (χ4v) is 3.38. The van der Waals surface area contributed by atoms with Gasteiger partial charge in [0.2, 0.25) is 5.91 Å². The molecule has 0 radical (unpaired) electrons. The van der Waals surface area contributed by atoms with Gasteiger partial charge in [0.05, 0.1) is 11.1 Å². The molecule has 3 rings (SSSR count). The van der Waals surface area contributed by atoms with E-state index >= 15 is 0 Å². The van der Waals surface area contributed by atoms with Crippen LogP contribution in [0.1, 0.15) is 23.3 Å². The van der Waals surface area contributed by atoms with Gasteiger partial charge in [-0.3, -0.25) is 9.59 Å². The number of nitrogens with zero attached hydrogens (tertiary/aromatic N) is 1. The highest BCUT2D eigenvalue weighted by atomic mass is 32.1. The molecule has 1 fully saturated rings. The highest BCUT2D eigenvalue weighted by Gasteiger charge is 2.39. The molecule has 6 N–H and O–H groups in total. The third-order valence-electron chi connectivity index (χ3n) is 4.29. The zero-order valence-electron chi connectivity index (χ0n) is 13.0. The van der Waals surface area contributed by atoms with Crippen LogP contribution in [0.4, 0.5) is 5.13 Å². The number of aromatic amines is 1. The number of H-pyrrole nitrogens is 1. The molecule has 0 spiro atoms. The van der Waals surface area contributed by atoms with E-state index in [9.17, 15) is 9.59 Å². The fraction of sp³-hybridized carbons (Fsp3) is 0.400. The average Bonchev–Trinajstić information content (AvgIpc) is 3.24. The van der Waals surface area contributed by atoms with Gasteiger partial charge in [0.15, 0.2) is 5.13 Å². The molecule has 2 amide bonds. The number of rotatable bonds is 5. The molecule has 0 aromatic carbocycles. The minimum absolute atomic E-state index is 0.124. The van der Waals surface area contributed by atoms with Gasteiger partial charge in [-0.15, -0.1) is 11.3 Å². The summed E-state index contributed by atoms with van der Waals surface area (Å²) in [6.45, 7) is 1.35.